The maximum Gasteiger partial charge on any atom is 0.0843 e. The van der Waals surface area contributed by atoms with Gasteiger partial charge in [-0.25, -0.2) is 0 Å². The second-order valence-corrected chi connectivity index (χ2v) is 4.39. The summed E-state index contributed by atoms with van der Waals surface area (Å²) in [5.41, 5.74) is 2.30. The predicted octanol–water partition coefficient (Wildman–Crippen LogP) is 3.18. The zero-order chi connectivity index (χ0) is 10.2. The monoisotopic (exact) mass is 198 g/mol. The lowest BCUT2D eigenvalue weighted by Gasteiger charge is -2.21. The van der Waals surface area contributed by atoms with Crippen molar-refractivity contribution in [3.05, 3.63) is 33.8 Å². The van der Waals surface area contributed by atoms with E-state index in [2.05, 4.69) is 0 Å². The first-order chi connectivity index (χ1) is 5.82. The highest BCUT2D eigenvalue weighted by Crippen LogP contribution is 2.28. The summed E-state index contributed by atoms with van der Waals surface area (Å²) in [7, 11) is 0. The number of rotatable bonds is 1. The van der Waals surface area contributed by atoms with Gasteiger partial charge in [-0.15, -0.1) is 0 Å². The van der Waals surface area contributed by atoms with Crippen LogP contribution in [-0.2, 0) is 5.60 Å². The van der Waals surface area contributed by atoms with E-state index in [4.69, 9.17) is 11.6 Å². The van der Waals surface area contributed by atoms with Crippen molar-refractivity contribution in [3.63, 3.8) is 0 Å². The number of hydrogen-bond acceptors (Lipinski definition) is 1. The fraction of sp³-hybridized carbons (Fsp3) is 0.455. The normalized spacial score (nSPS) is 11.8. The molecule has 1 aromatic carbocycles. The smallest absolute Gasteiger partial charge is 0.0843 e. The van der Waals surface area contributed by atoms with Crippen LogP contribution in [-0.4, -0.2) is 5.11 Å². The van der Waals surface area contributed by atoms with E-state index in [-0.39, 0.29) is 0 Å². The molecule has 1 aromatic rings. The number of aryl methyl sites for hydroxylation is 1. The third-order valence-electron chi connectivity index (χ3n) is 2.29. The predicted molar refractivity (Wildman–Crippen MR) is 56.2 cm³/mol. The van der Waals surface area contributed by atoms with E-state index in [1.54, 1.807) is 13.8 Å². The molecule has 0 aliphatic heterocycles. The van der Waals surface area contributed by atoms with Gasteiger partial charge in [-0.3, -0.25) is 0 Å². The van der Waals surface area contributed by atoms with E-state index in [9.17, 15) is 5.11 Å². The first-order valence-electron chi connectivity index (χ1n) is 4.32. The van der Waals surface area contributed by atoms with Gasteiger partial charge in [-0.2, -0.15) is 0 Å². The maximum absolute atomic E-state index is 9.86. The quantitative estimate of drug-likeness (QED) is 0.735. The van der Waals surface area contributed by atoms with Crippen LogP contribution in [0, 0.1) is 13.8 Å². The van der Waals surface area contributed by atoms with E-state index < -0.39 is 5.60 Å². The first-order valence-corrected chi connectivity index (χ1v) is 4.70. The Kier molecular flexibility index (Phi) is 2.69. The van der Waals surface area contributed by atoms with Gasteiger partial charge in [0.15, 0.2) is 0 Å². The van der Waals surface area contributed by atoms with Crippen molar-refractivity contribution in [2.45, 2.75) is 33.3 Å². The highest BCUT2D eigenvalue weighted by molar-refractivity contribution is 6.30. The van der Waals surface area contributed by atoms with Crippen LogP contribution >= 0.6 is 11.6 Å². The van der Waals surface area contributed by atoms with Crippen LogP contribution in [0.25, 0.3) is 0 Å². The molecule has 13 heavy (non-hydrogen) atoms. The Morgan fingerprint density at radius 3 is 2.23 bits per heavy atom. The van der Waals surface area contributed by atoms with Crippen molar-refractivity contribution < 1.29 is 5.11 Å². The molecule has 2 heteroatoms. The van der Waals surface area contributed by atoms with Crippen LogP contribution in [0.1, 0.15) is 30.5 Å². The van der Waals surface area contributed by atoms with Gasteiger partial charge >= 0.3 is 0 Å². The van der Waals surface area contributed by atoms with Crippen LogP contribution in [0.4, 0.5) is 0 Å². The molecule has 0 radical (unpaired) electrons. The summed E-state index contributed by atoms with van der Waals surface area (Å²) in [6.45, 7) is 7.53. The van der Waals surface area contributed by atoms with Gasteiger partial charge in [0.25, 0.3) is 0 Å². The molecule has 0 saturated carbocycles. The highest BCUT2D eigenvalue weighted by Gasteiger charge is 2.19. The van der Waals surface area contributed by atoms with E-state index in [1.165, 1.54) is 0 Å². The van der Waals surface area contributed by atoms with Crippen LogP contribution in [0.15, 0.2) is 12.1 Å². The zero-order valence-corrected chi connectivity index (χ0v) is 9.24. The molecular weight excluding hydrogens is 184 g/mol. The van der Waals surface area contributed by atoms with Crippen LogP contribution in [0.5, 0.6) is 0 Å². The molecule has 1 rings (SSSR count). The second-order valence-electron chi connectivity index (χ2n) is 3.95. The molecule has 0 bridgehead atoms. The van der Waals surface area contributed by atoms with E-state index in [1.807, 2.05) is 26.0 Å². The van der Waals surface area contributed by atoms with Crippen molar-refractivity contribution in [1.29, 1.82) is 0 Å². The highest BCUT2D eigenvalue weighted by atomic mass is 35.5. The Labute approximate surface area is 84.4 Å². The molecular formula is C11H15ClO. The number of halogens is 1. The standard InChI is InChI=1S/C11H15ClO/c1-7-5-9(12)6-10(8(7)2)11(3,4)13/h5-6,13H,1-4H3. The summed E-state index contributed by atoms with van der Waals surface area (Å²) in [6, 6.07) is 3.73. The molecule has 1 N–H and O–H groups in total. The van der Waals surface area contributed by atoms with Crippen LogP contribution in [0.3, 0.4) is 0 Å². The van der Waals surface area contributed by atoms with Crippen LogP contribution < -0.4 is 0 Å². The summed E-state index contributed by atoms with van der Waals surface area (Å²) >= 11 is 5.92. The first kappa shape index (κ1) is 10.6. The molecule has 0 heterocycles. The molecule has 0 saturated heterocycles. The molecule has 0 unspecified atom stereocenters. The fourth-order valence-electron chi connectivity index (χ4n) is 1.45. The third-order valence-corrected chi connectivity index (χ3v) is 2.51. The SMILES string of the molecule is Cc1cc(Cl)cc(C(C)(C)O)c1C. The topological polar surface area (TPSA) is 20.2 Å². The largest absolute Gasteiger partial charge is 0.386 e. The lowest BCUT2D eigenvalue weighted by atomic mass is 9.91. The Balaban J connectivity index is 3.37. The van der Waals surface area contributed by atoms with Gasteiger partial charge in [0.05, 0.1) is 5.60 Å². The Morgan fingerprint density at radius 2 is 1.77 bits per heavy atom. The summed E-state index contributed by atoms with van der Waals surface area (Å²) in [6.07, 6.45) is 0. The summed E-state index contributed by atoms with van der Waals surface area (Å²) in [4.78, 5) is 0. The summed E-state index contributed by atoms with van der Waals surface area (Å²) in [5, 5.41) is 10.5. The van der Waals surface area contributed by atoms with Gasteiger partial charge in [0.2, 0.25) is 0 Å². The molecule has 0 aliphatic rings. The third kappa shape index (κ3) is 2.23. The average Bonchev–Trinajstić information content (AvgIpc) is 1.94. The van der Waals surface area contributed by atoms with Gasteiger partial charge in [0, 0.05) is 5.02 Å². The van der Waals surface area contributed by atoms with Crippen molar-refractivity contribution in [3.8, 4) is 0 Å². The summed E-state index contributed by atoms with van der Waals surface area (Å²) < 4.78 is 0. The van der Waals surface area contributed by atoms with Crippen molar-refractivity contribution in [2.24, 2.45) is 0 Å². The minimum absolute atomic E-state index is 0.681. The van der Waals surface area contributed by atoms with E-state index >= 15 is 0 Å². The second kappa shape index (κ2) is 3.32. The van der Waals surface area contributed by atoms with E-state index in [0.29, 0.717) is 5.02 Å². The molecule has 0 aliphatic carbocycles. The van der Waals surface area contributed by atoms with Gasteiger partial charge < -0.3 is 5.11 Å². The molecule has 1 nitrogen and oxygen atoms in total. The Hall–Kier alpha value is -0.530. The van der Waals surface area contributed by atoms with Crippen LogP contribution in [0.2, 0.25) is 5.02 Å². The molecule has 0 spiro atoms. The van der Waals surface area contributed by atoms with Gasteiger partial charge in [-0.1, -0.05) is 11.6 Å². The lowest BCUT2D eigenvalue weighted by Crippen LogP contribution is -2.17. The minimum atomic E-state index is -0.820. The number of benzene rings is 1. The van der Waals surface area contributed by atoms with Crippen molar-refractivity contribution >= 4 is 11.6 Å². The van der Waals surface area contributed by atoms with Crippen molar-refractivity contribution in [2.75, 3.05) is 0 Å². The molecule has 0 atom stereocenters. The maximum atomic E-state index is 9.86. The molecule has 0 fully saturated rings. The fourth-order valence-corrected chi connectivity index (χ4v) is 1.72. The average molecular weight is 199 g/mol. The van der Waals surface area contributed by atoms with Gasteiger partial charge in [0.1, 0.15) is 0 Å². The molecule has 0 aromatic heterocycles. The summed E-state index contributed by atoms with van der Waals surface area (Å²) in [5.74, 6) is 0. The van der Waals surface area contributed by atoms with E-state index in [0.717, 1.165) is 16.7 Å². The molecule has 72 valence electrons. The number of aliphatic hydroxyl groups is 1. The Bertz CT molecular complexity index is 324. The Morgan fingerprint density at radius 1 is 1.23 bits per heavy atom. The zero-order valence-electron chi connectivity index (χ0n) is 8.48. The van der Waals surface area contributed by atoms with Gasteiger partial charge in [-0.05, 0) is 56.5 Å². The molecule has 0 amide bonds. The minimum Gasteiger partial charge on any atom is -0.386 e. The van der Waals surface area contributed by atoms with Crippen molar-refractivity contribution in [1.82, 2.24) is 0 Å². The lowest BCUT2D eigenvalue weighted by molar-refractivity contribution is 0.0778. The number of hydrogen-bond donors (Lipinski definition) is 1.